The predicted molar refractivity (Wildman–Crippen MR) is 138 cm³/mol. The number of ether oxygens (including phenoxy) is 2. The number of nitriles is 1. The molecule has 3 aliphatic rings. The number of carbonyl (C=O) groups is 1. The number of halogens is 1. The standard InChI is InChI=1S/C30H29FN2O4/c1-15-12-19-16(2)21(14-32)22(31)13-20(19)26(24(15)28(29(34)35)37-30(3,4)5)18-6-7-23-25-17(9-11-36-23)8-10-33-27(18)25/h6-8,10,12-13,16,19,28H,9,11H2,1-5H3,(H,34,35). The van der Waals surface area contributed by atoms with Crippen molar-refractivity contribution in [2.75, 3.05) is 6.61 Å². The fourth-order valence-electron chi connectivity index (χ4n) is 5.65. The molecule has 6 nitrogen and oxygen atoms in total. The molecular formula is C30H29FN2O4. The average Bonchev–Trinajstić information content (AvgIpc) is 2.83. The third-order valence-corrected chi connectivity index (χ3v) is 7.22. The smallest absolute Gasteiger partial charge is 0.337 e. The minimum Gasteiger partial charge on any atom is -0.493 e. The number of benzene rings is 1. The van der Waals surface area contributed by atoms with Crippen LogP contribution in [0.25, 0.3) is 16.5 Å². The van der Waals surface area contributed by atoms with Crippen molar-refractivity contribution >= 4 is 22.4 Å². The second-order valence-corrected chi connectivity index (χ2v) is 10.8. The maximum absolute atomic E-state index is 15.3. The predicted octanol–water partition coefficient (Wildman–Crippen LogP) is 6.09. The van der Waals surface area contributed by atoms with Crippen LogP contribution in [0.5, 0.6) is 5.75 Å². The fraction of sp³-hybridized carbons (Fsp3) is 0.367. The number of allylic oxidation sites excluding steroid dienone is 6. The number of carboxylic acids is 1. The van der Waals surface area contributed by atoms with E-state index in [1.165, 1.54) is 6.08 Å². The summed E-state index contributed by atoms with van der Waals surface area (Å²) in [5.74, 6) is -1.74. The highest BCUT2D eigenvalue weighted by molar-refractivity contribution is 6.03. The molecule has 1 aromatic heterocycles. The summed E-state index contributed by atoms with van der Waals surface area (Å²) < 4.78 is 27.3. The van der Waals surface area contributed by atoms with Crippen molar-refractivity contribution in [3.63, 3.8) is 0 Å². The lowest BCUT2D eigenvalue weighted by Gasteiger charge is -2.37. The third-order valence-electron chi connectivity index (χ3n) is 7.22. The number of fused-ring (bicyclic) bond motifs is 1. The van der Waals surface area contributed by atoms with Gasteiger partial charge in [0.1, 0.15) is 11.6 Å². The van der Waals surface area contributed by atoms with Gasteiger partial charge in [0.05, 0.1) is 29.4 Å². The summed E-state index contributed by atoms with van der Waals surface area (Å²) in [4.78, 5) is 17.3. The van der Waals surface area contributed by atoms with Crippen LogP contribution < -0.4 is 4.74 Å². The Morgan fingerprint density at radius 1 is 1.32 bits per heavy atom. The SMILES string of the molecule is CC1=CC2C(=CC(F)=C(C#N)C2C)C(c2ccc3c4c(ccnc24)CCO3)=C1C(OC(C)(C)C)C(=O)O. The van der Waals surface area contributed by atoms with E-state index in [1.807, 2.05) is 44.2 Å². The lowest BCUT2D eigenvalue weighted by Crippen LogP contribution is -2.37. The van der Waals surface area contributed by atoms with E-state index in [1.54, 1.807) is 27.0 Å². The molecule has 7 heteroatoms. The summed E-state index contributed by atoms with van der Waals surface area (Å²) in [6, 6.07) is 7.72. The van der Waals surface area contributed by atoms with Crippen LogP contribution in [0.1, 0.15) is 45.7 Å². The van der Waals surface area contributed by atoms with E-state index in [0.717, 1.165) is 28.7 Å². The summed E-state index contributed by atoms with van der Waals surface area (Å²) in [6.45, 7) is 9.66. The molecule has 0 saturated carbocycles. The van der Waals surface area contributed by atoms with Crippen LogP contribution in [0.4, 0.5) is 4.39 Å². The van der Waals surface area contributed by atoms with Crippen molar-refractivity contribution in [2.24, 2.45) is 11.8 Å². The molecule has 190 valence electrons. The Bertz CT molecular complexity index is 1490. The molecule has 2 aromatic rings. The number of hydrogen-bond donors (Lipinski definition) is 1. The van der Waals surface area contributed by atoms with Crippen LogP contribution in [-0.2, 0) is 16.0 Å². The summed E-state index contributed by atoms with van der Waals surface area (Å²) >= 11 is 0. The van der Waals surface area contributed by atoms with Crippen LogP contribution in [0.2, 0.25) is 0 Å². The molecule has 0 fully saturated rings. The van der Waals surface area contributed by atoms with E-state index < -0.39 is 29.4 Å². The number of hydrogen-bond acceptors (Lipinski definition) is 5. The molecule has 2 aliphatic carbocycles. The number of nitrogens with zero attached hydrogens (tertiary/aromatic N) is 2. The largest absolute Gasteiger partial charge is 0.493 e. The van der Waals surface area contributed by atoms with Crippen LogP contribution in [0.15, 0.2) is 64.7 Å². The maximum atomic E-state index is 15.3. The Balaban J connectivity index is 1.89. The van der Waals surface area contributed by atoms with E-state index in [9.17, 15) is 15.2 Å². The Labute approximate surface area is 215 Å². The fourth-order valence-corrected chi connectivity index (χ4v) is 5.65. The molecule has 3 unspecified atom stereocenters. The number of rotatable bonds is 4. The van der Waals surface area contributed by atoms with Gasteiger partial charge < -0.3 is 14.6 Å². The minimum atomic E-state index is -1.30. The molecule has 0 amide bonds. The molecule has 1 N–H and O–H groups in total. The molecular weight excluding hydrogens is 471 g/mol. The zero-order valence-electron chi connectivity index (χ0n) is 21.6. The highest BCUT2D eigenvalue weighted by atomic mass is 19.1. The first-order chi connectivity index (χ1) is 17.5. The van der Waals surface area contributed by atoms with E-state index in [0.29, 0.717) is 34.4 Å². The van der Waals surface area contributed by atoms with E-state index in [-0.39, 0.29) is 11.5 Å². The van der Waals surface area contributed by atoms with Crippen molar-refractivity contribution in [1.29, 1.82) is 5.26 Å². The third kappa shape index (κ3) is 4.15. The van der Waals surface area contributed by atoms with E-state index in [4.69, 9.17) is 14.5 Å². The van der Waals surface area contributed by atoms with Gasteiger partial charge in [-0.2, -0.15) is 5.26 Å². The van der Waals surface area contributed by atoms with Crippen molar-refractivity contribution in [2.45, 2.75) is 52.7 Å². The van der Waals surface area contributed by atoms with E-state index >= 15 is 4.39 Å². The molecule has 0 spiro atoms. The van der Waals surface area contributed by atoms with Gasteiger partial charge in [-0.3, -0.25) is 4.98 Å². The molecule has 37 heavy (non-hydrogen) atoms. The Kier molecular flexibility index (Phi) is 6.04. The molecule has 0 bridgehead atoms. The average molecular weight is 501 g/mol. The van der Waals surface area contributed by atoms with Crippen LogP contribution in [0, 0.1) is 23.2 Å². The highest BCUT2D eigenvalue weighted by Crippen LogP contribution is 2.50. The van der Waals surface area contributed by atoms with Gasteiger partial charge in [0.2, 0.25) is 0 Å². The zero-order chi connectivity index (χ0) is 26.6. The topological polar surface area (TPSA) is 92.4 Å². The van der Waals surface area contributed by atoms with Gasteiger partial charge in [-0.1, -0.05) is 13.0 Å². The van der Waals surface area contributed by atoms with Crippen molar-refractivity contribution in [3.8, 4) is 11.8 Å². The number of aliphatic carboxylic acids is 1. The first-order valence-corrected chi connectivity index (χ1v) is 12.4. The quantitative estimate of drug-likeness (QED) is 0.546. The molecule has 5 rings (SSSR count). The first kappa shape index (κ1) is 24.9. The molecule has 3 atom stereocenters. The lowest BCUT2D eigenvalue weighted by molar-refractivity contribution is -0.155. The summed E-state index contributed by atoms with van der Waals surface area (Å²) in [6.07, 6.45) is 4.49. The monoisotopic (exact) mass is 500 g/mol. The lowest BCUT2D eigenvalue weighted by atomic mass is 9.68. The van der Waals surface area contributed by atoms with Crippen LogP contribution in [-0.4, -0.2) is 34.4 Å². The maximum Gasteiger partial charge on any atom is 0.337 e. The van der Waals surface area contributed by atoms with Crippen molar-refractivity contribution in [1.82, 2.24) is 4.98 Å². The van der Waals surface area contributed by atoms with Gasteiger partial charge in [0, 0.05) is 41.0 Å². The highest BCUT2D eigenvalue weighted by Gasteiger charge is 2.41. The molecule has 1 aliphatic heterocycles. The number of pyridine rings is 1. The number of carboxylic acid groups (broad SMARTS) is 1. The second-order valence-electron chi connectivity index (χ2n) is 10.8. The second kappa shape index (κ2) is 8.97. The van der Waals surface area contributed by atoms with Gasteiger partial charge in [-0.15, -0.1) is 0 Å². The van der Waals surface area contributed by atoms with Gasteiger partial charge in [-0.05, 0) is 74.3 Å². The van der Waals surface area contributed by atoms with E-state index in [2.05, 4.69) is 0 Å². The summed E-state index contributed by atoms with van der Waals surface area (Å²) in [7, 11) is 0. The van der Waals surface area contributed by atoms with Crippen molar-refractivity contribution < 1.29 is 23.8 Å². The Morgan fingerprint density at radius 3 is 2.76 bits per heavy atom. The molecule has 1 aromatic carbocycles. The van der Waals surface area contributed by atoms with Gasteiger partial charge >= 0.3 is 5.97 Å². The number of aromatic nitrogens is 1. The van der Waals surface area contributed by atoms with Gasteiger partial charge in [-0.25, -0.2) is 9.18 Å². The molecule has 2 heterocycles. The summed E-state index contributed by atoms with van der Waals surface area (Å²) in [5.41, 5.74) is 4.17. The molecule has 0 saturated heterocycles. The Morgan fingerprint density at radius 2 is 2.08 bits per heavy atom. The first-order valence-electron chi connectivity index (χ1n) is 12.4. The Hall–Kier alpha value is -3.76. The normalized spacial score (nSPS) is 22.1. The molecule has 0 radical (unpaired) electrons. The summed E-state index contributed by atoms with van der Waals surface area (Å²) in [5, 5.41) is 20.8. The van der Waals surface area contributed by atoms with Crippen LogP contribution >= 0.6 is 0 Å². The van der Waals surface area contributed by atoms with Gasteiger partial charge in [0.25, 0.3) is 0 Å². The zero-order valence-corrected chi connectivity index (χ0v) is 21.6. The minimum absolute atomic E-state index is 0.0877. The van der Waals surface area contributed by atoms with Gasteiger partial charge in [0.15, 0.2) is 6.10 Å². The van der Waals surface area contributed by atoms with Crippen molar-refractivity contribution in [3.05, 3.63) is 75.8 Å². The van der Waals surface area contributed by atoms with Crippen LogP contribution in [0.3, 0.4) is 0 Å².